The van der Waals surface area contributed by atoms with Gasteiger partial charge in [0, 0.05) is 33.3 Å². The number of nitrogens with one attached hydrogen (secondary N) is 1. The van der Waals surface area contributed by atoms with Crippen molar-refractivity contribution in [3.8, 4) is 0 Å². The van der Waals surface area contributed by atoms with Crippen LogP contribution in [0.15, 0.2) is 6.20 Å². The maximum absolute atomic E-state index is 11.4. The van der Waals surface area contributed by atoms with Crippen LogP contribution in [0, 0.1) is 0 Å². The molecule has 1 aliphatic rings. The molecule has 0 saturated carbocycles. The fourth-order valence-electron chi connectivity index (χ4n) is 3.00. The van der Waals surface area contributed by atoms with Gasteiger partial charge in [-0.2, -0.15) is 5.10 Å². The minimum absolute atomic E-state index is 0.0269. The molecule has 0 atom stereocenters. The van der Waals surface area contributed by atoms with Crippen LogP contribution in [0.2, 0.25) is 0 Å². The molecule has 1 fully saturated rings. The first-order valence-electron chi connectivity index (χ1n) is 7.77. The summed E-state index contributed by atoms with van der Waals surface area (Å²) in [5.74, 6) is 1.44. The zero-order chi connectivity index (χ0) is 17.3. The molecule has 0 bridgehead atoms. The van der Waals surface area contributed by atoms with Crippen molar-refractivity contribution in [1.29, 1.82) is 0 Å². The van der Waals surface area contributed by atoms with Gasteiger partial charge in [0.15, 0.2) is 11.5 Å². The number of sulfonamides is 1. The second-order valence-corrected chi connectivity index (χ2v) is 7.83. The summed E-state index contributed by atoms with van der Waals surface area (Å²) in [4.78, 5) is 11.3. The van der Waals surface area contributed by atoms with Gasteiger partial charge < -0.3 is 9.64 Å². The molecule has 1 saturated heterocycles. The van der Waals surface area contributed by atoms with Crippen LogP contribution in [0.25, 0.3) is 11.0 Å². The standard InChI is InChI=1S/C14H22N6O3S/c1-19-13-11(8-15-19)14(17-12(16-13)9-23-2)20-6-4-10(5-7-20)18-24(3,21)22/h8,10,18H,4-7,9H2,1-3H3. The minimum atomic E-state index is -3.18. The maximum atomic E-state index is 11.4. The molecule has 9 nitrogen and oxygen atoms in total. The van der Waals surface area contributed by atoms with Gasteiger partial charge in [-0.1, -0.05) is 0 Å². The average Bonchev–Trinajstić information content (AvgIpc) is 2.88. The Labute approximate surface area is 141 Å². The first-order valence-corrected chi connectivity index (χ1v) is 9.66. The highest BCUT2D eigenvalue weighted by atomic mass is 32.2. The lowest BCUT2D eigenvalue weighted by molar-refractivity contribution is 0.178. The van der Waals surface area contributed by atoms with Crippen molar-refractivity contribution in [2.75, 3.05) is 31.4 Å². The van der Waals surface area contributed by atoms with Gasteiger partial charge in [-0.15, -0.1) is 0 Å². The Morgan fingerprint density at radius 1 is 1.33 bits per heavy atom. The zero-order valence-corrected chi connectivity index (χ0v) is 14.9. The number of methoxy groups -OCH3 is 1. The highest BCUT2D eigenvalue weighted by Gasteiger charge is 2.25. The van der Waals surface area contributed by atoms with Gasteiger partial charge in [-0.25, -0.2) is 23.1 Å². The summed E-state index contributed by atoms with van der Waals surface area (Å²) in [7, 11) is 0.280. The summed E-state index contributed by atoms with van der Waals surface area (Å²) in [5, 5.41) is 5.17. The van der Waals surface area contributed by atoms with E-state index in [-0.39, 0.29) is 6.04 Å². The van der Waals surface area contributed by atoms with E-state index in [1.165, 1.54) is 6.26 Å². The largest absolute Gasteiger partial charge is 0.377 e. The molecule has 10 heteroatoms. The summed E-state index contributed by atoms with van der Waals surface area (Å²) < 4.78 is 32.3. The van der Waals surface area contributed by atoms with Gasteiger partial charge in [0.25, 0.3) is 0 Å². The molecule has 24 heavy (non-hydrogen) atoms. The van der Waals surface area contributed by atoms with Crippen molar-refractivity contribution in [2.24, 2.45) is 7.05 Å². The number of hydrogen-bond acceptors (Lipinski definition) is 7. The quantitative estimate of drug-likeness (QED) is 0.808. The van der Waals surface area contributed by atoms with Crippen molar-refractivity contribution < 1.29 is 13.2 Å². The molecular weight excluding hydrogens is 332 g/mol. The molecule has 0 aliphatic carbocycles. The third-order valence-corrected chi connectivity index (χ3v) is 4.83. The van der Waals surface area contributed by atoms with E-state index >= 15 is 0 Å². The van der Waals surface area contributed by atoms with Gasteiger partial charge in [0.2, 0.25) is 10.0 Å². The molecule has 1 aliphatic heterocycles. The van der Waals surface area contributed by atoms with Gasteiger partial charge >= 0.3 is 0 Å². The normalized spacial score (nSPS) is 16.9. The van der Waals surface area contributed by atoms with E-state index in [9.17, 15) is 8.42 Å². The number of anilines is 1. The molecule has 0 radical (unpaired) electrons. The predicted molar refractivity (Wildman–Crippen MR) is 90.2 cm³/mol. The van der Waals surface area contributed by atoms with Crippen LogP contribution >= 0.6 is 0 Å². The monoisotopic (exact) mass is 354 g/mol. The lowest BCUT2D eigenvalue weighted by Gasteiger charge is -2.33. The molecule has 3 heterocycles. The number of nitrogens with zero attached hydrogens (tertiary/aromatic N) is 5. The third kappa shape index (κ3) is 3.65. The van der Waals surface area contributed by atoms with Crippen LogP contribution in [-0.2, 0) is 28.4 Å². The second kappa shape index (κ2) is 6.61. The number of aryl methyl sites for hydroxylation is 1. The molecule has 2 aromatic rings. The van der Waals surface area contributed by atoms with Crippen LogP contribution in [-0.4, -0.2) is 60.7 Å². The van der Waals surface area contributed by atoms with Gasteiger partial charge in [0.1, 0.15) is 12.4 Å². The van der Waals surface area contributed by atoms with Crippen molar-refractivity contribution >= 4 is 26.9 Å². The van der Waals surface area contributed by atoms with Gasteiger partial charge in [0.05, 0.1) is 17.8 Å². The molecular formula is C14H22N6O3S. The summed E-state index contributed by atoms with van der Waals surface area (Å²) in [5.41, 5.74) is 0.767. The molecule has 0 aromatic carbocycles. The molecule has 2 aromatic heterocycles. The molecule has 3 rings (SSSR count). The Kier molecular flexibility index (Phi) is 4.70. The Morgan fingerprint density at radius 2 is 2.04 bits per heavy atom. The summed E-state index contributed by atoms with van der Waals surface area (Å²) in [6, 6.07) is -0.0269. The van der Waals surface area contributed by atoms with Crippen LogP contribution in [0.1, 0.15) is 18.7 Å². The predicted octanol–water partition coefficient (Wildman–Crippen LogP) is 0.0277. The molecule has 0 spiro atoms. The number of fused-ring (bicyclic) bond motifs is 1. The van der Waals surface area contributed by atoms with Crippen molar-refractivity contribution in [2.45, 2.75) is 25.5 Å². The van der Waals surface area contributed by atoms with E-state index < -0.39 is 10.0 Å². The van der Waals surface area contributed by atoms with Gasteiger partial charge in [-0.05, 0) is 12.8 Å². The van der Waals surface area contributed by atoms with Crippen molar-refractivity contribution in [3.05, 3.63) is 12.0 Å². The van der Waals surface area contributed by atoms with E-state index in [4.69, 9.17) is 4.74 Å². The van der Waals surface area contributed by atoms with E-state index in [0.717, 1.165) is 42.8 Å². The highest BCUT2D eigenvalue weighted by Crippen LogP contribution is 2.26. The Morgan fingerprint density at radius 3 is 2.67 bits per heavy atom. The fraction of sp³-hybridized carbons (Fsp3) is 0.643. The Bertz CT molecular complexity index is 826. The van der Waals surface area contributed by atoms with Crippen LogP contribution in [0.5, 0.6) is 0 Å². The molecule has 1 N–H and O–H groups in total. The smallest absolute Gasteiger partial charge is 0.208 e. The van der Waals surface area contributed by atoms with Crippen LogP contribution < -0.4 is 9.62 Å². The lowest BCUT2D eigenvalue weighted by Crippen LogP contribution is -2.44. The second-order valence-electron chi connectivity index (χ2n) is 6.05. The Hall–Kier alpha value is -1.78. The van der Waals surface area contributed by atoms with E-state index in [1.54, 1.807) is 18.0 Å². The topological polar surface area (TPSA) is 102 Å². The van der Waals surface area contributed by atoms with Gasteiger partial charge in [-0.3, -0.25) is 4.68 Å². The van der Waals surface area contributed by atoms with Crippen LogP contribution in [0.3, 0.4) is 0 Å². The Balaban J connectivity index is 1.84. The van der Waals surface area contributed by atoms with Crippen molar-refractivity contribution in [1.82, 2.24) is 24.5 Å². The zero-order valence-electron chi connectivity index (χ0n) is 14.1. The number of ether oxygens (including phenoxy) is 1. The summed E-state index contributed by atoms with van der Waals surface area (Å²) in [6.45, 7) is 1.78. The van der Waals surface area contributed by atoms with E-state index in [1.807, 2.05) is 7.05 Å². The number of hydrogen-bond donors (Lipinski definition) is 1. The molecule has 0 amide bonds. The summed E-state index contributed by atoms with van der Waals surface area (Å²) in [6.07, 6.45) is 4.43. The highest BCUT2D eigenvalue weighted by molar-refractivity contribution is 7.88. The summed E-state index contributed by atoms with van der Waals surface area (Å²) >= 11 is 0. The van der Waals surface area contributed by atoms with Crippen molar-refractivity contribution in [3.63, 3.8) is 0 Å². The minimum Gasteiger partial charge on any atom is -0.377 e. The maximum Gasteiger partial charge on any atom is 0.208 e. The average molecular weight is 354 g/mol. The first-order chi connectivity index (χ1) is 11.4. The van der Waals surface area contributed by atoms with E-state index in [0.29, 0.717) is 12.4 Å². The third-order valence-electron chi connectivity index (χ3n) is 4.07. The SMILES string of the molecule is COCc1nc(N2CCC(NS(C)(=O)=O)CC2)c2cnn(C)c2n1. The lowest BCUT2D eigenvalue weighted by atomic mass is 10.1. The number of piperidine rings is 1. The molecule has 132 valence electrons. The number of rotatable bonds is 5. The molecule has 0 unspecified atom stereocenters. The first kappa shape index (κ1) is 17.1. The van der Waals surface area contributed by atoms with Crippen LogP contribution in [0.4, 0.5) is 5.82 Å². The number of aromatic nitrogens is 4. The van der Waals surface area contributed by atoms with E-state index in [2.05, 4.69) is 24.7 Å². The fourth-order valence-corrected chi connectivity index (χ4v) is 3.84.